The van der Waals surface area contributed by atoms with E-state index in [1.165, 1.54) is 13.8 Å². The zero-order chi connectivity index (χ0) is 13.2. The minimum atomic E-state index is -1.33. The van der Waals surface area contributed by atoms with Gasteiger partial charge < -0.3 is 4.74 Å². The summed E-state index contributed by atoms with van der Waals surface area (Å²) in [6.07, 6.45) is 5.06. The maximum Gasteiger partial charge on any atom is 0.345 e. The van der Waals surface area contributed by atoms with Crippen LogP contribution in [0.25, 0.3) is 0 Å². The van der Waals surface area contributed by atoms with Crippen LogP contribution in [0.2, 0.25) is 0 Å². The van der Waals surface area contributed by atoms with E-state index >= 15 is 0 Å². The predicted octanol–water partition coefficient (Wildman–Crippen LogP) is 2.67. The van der Waals surface area contributed by atoms with Gasteiger partial charge in [0.25, 0.3) is 0 Å². The molecule has 0 saturated carbocycles. The van der Waals surface area contributed by atoms with Gasteiger partial charge in [-0.3, -0.25) is 0 Å². The summed E-state index contributed by atoms with van der Waals surface area (Å²) >= 11 is 0. The molecule has 0 atom stereocenters. The highest BCUT2D eigenvalue weighted by Gasteiger charge is 2.26. The Morgan fingerprint density at radius 2 is 1.76 bits per heavy atom. The Balaban J connectivity index is 3.11. The summed E-state index contributed by atoms with van der Waals surface area (Å²) in [5, 5.41) is 0. The minimum Gasteiger partial charge on any atom is -0.443 e. The molecule has 0 heterocycles. The van der Waals surface area contributed by atoms with Crippen molar-refractivity contribution in [1.29, 1.82) is 0 Å². The molecule has 1 aromatic carbocycles. The SMILES string of the molecule is C#CC(C)(C)OC(=O)c1c(F)cc(F)cc1F. The Labute approximate surface area is 96.4 Å². The van der Waals surface area contributed by atoms with Crippen molar-refractivity contribution >= 4 is 5.97 Å². The third kappa shape index (κ3) is 3.00. The quantitative estimate of drug-likeness (QED) is 0.588. The number of terminal acetylenes is 1. The first-order valence-corrected chi connectivity index (χ1v) is 4.62. The fourth-order valence-corrected chi connectivity index (χ4v) is 1.05. The maximum absolute atomic E-state index is 13.2. The van der Waals surface area contributed by atoms with Gasteiger partial charge in [-0.1, -0.05) is 5.92 Å². The average Bonchev–Trinajstić information content (AvgIpc) is 2.14. The van der Waals surface area contributed by atoms with Crippen LogP contribution in [0.5, 0.6) is 0 Å². The van der Waals surface area contributed by atoms with Crippen LogP contribution in [-0.2, 0) is 4.74 Å². The third-order valence-corrected chi connectivity index (χ3v) is 1.91. The van der Waals surface area contributed by atoms with E-state index in [0.717, 1.165) is 0 Å². The Morgan fingerprint density at radius 3 is 2.18 bits per heavy atom. The van der Waals surface area contributed by atoms with Crippen LogP contribution >= 0.6 is 0 Å². The van der Waals surface area contributed by atoms with Crippen LogP contribution < -0.4 is 0 Å². The van der Waals surface area contributed by atoms with E-state index < -0.39 is 34.6 Å². The molecule has 0 amide bonds. The number of halogens is 3. The lowest BCUT2D eigenvalue weighted by Crippen LogP contribution is -2.27. The van der Waals surface area contributed by atoms with E-state index in [1.54, 1.807) is 0 Å². The number of hydrogen-bond acceptors (Lipinski definition) is 2. The first kappa shape index (κ1) is 13.1. The van der Waals surface area contributed by atoms with Crippen molar-refractivity contribution in [3.05, 3.63) is 35.1 Å². The summed E-state index contributed by atoms with van der Waals surface area (Å²) in [4.78, 5) is 11.5. The summed E-state index contributed by atoms with van der Waals surface area (Å²) in [6.45, 7) is 2.76. The zero-order valence-electron chi connectivity index (χ0n) is 9.18. The summed E-state index contributed by atoms with van der Waals surface area (Å²) < 4.78 is 43.7. The minimum absolute atomic E-state index is 0.391. The molecule has 0 aliphatic rings. The Morgan fingerprint density at radius 1 is 1.29 bits per heavy atom. The van der Waals surface area contributed by atoms with E-state index in [0.29, 0.717) is 12.1 Å². The number of carbonyl (C=O) groups excluding carboxylic acids is 1. The van der Waals surface area contributed by atoms with E-state index in [-0.39, 0.29) is 0 Å². The fraction of sp³-hybridized carbons (Fsp3) is 0.250. The molecule has 17 heavy (non-hydrogen) atoms. The lowest BCUT2D eigenvalue weighted by molar-refractivity contribution is 0.0194. The molecule has 0 aliphatic heterocycles. The van der Waals surface area contributed by atoms with Gasteiger partial charge in [-0.05, 0) is 13.8 Å². The van der Waals surface area contributed by atoms with E-state index in [2.05, 4.69) is 5.92 Å². The molecule has 0 bridgehead atoms. The summed E-state index contributed by atoms with van der Waals surface area (Å²) in [6, 6.07) is 0.783. The molecule has 0 saturated heterocycles. The highest BCUT2D eigenvalue weighted by molar-refractivity contribution is 5.90. The van der Waals surface area contributed by atoms with Gasteiger partial charge in [0.05, 0.1) is 0 Å². The molecule has 1 aromatic rings. The van der Waals surface area contributed by atoms with Crippen molar-refractivity contribution in [1.82, 2.24) is 0 Å². The van der Waals surface area contributed by atoms with Crippen molar-refractivity contribution in [2.45, 2.75) is 19.4 Å². The van der Waals surface area contributed by atoms with Crippen LogP contribution in [-0.4, -0.2) is 11.6 Å². The van der Waals surface area contributed by atoms with Crippen LogP contribution in [0, 0.1) is 29.8 Å². The van der Waals surface area contributed by atoms with Gasteiger partial charge in [0.2, 0.25) is 0 Å². The van der Waals surface area contributed by atoms with Gasteiger partial charge >= 0.3 is 5.97 Å². The standard InChI is InChI=1S/C12H9F3O2/c1-4-12(2,3)17-11(16)10-8(14)5-7(13)6-9(10)15/h1,5-6H,2-3H3. The van der Waals surface area contributed by atoms with Gasteiger partial charge in [0, 0.05) is 12.1 Å². The molecule has 5 heteroatoms. The molecular weight excluding hydrogens is 233 g/mol. The zero-order valence-corrected chi connectivity index (χ0v) is 9.18. The van der Waals surface area contributed by atoms with Crippen LogP contribution in [0.4, 0.5) is 13.2 Å². The van der Waals surface area contributed by atoms with Gasteiger partial charge in [0.15, 0.2) is 5.60 Å². The van der Waals surface area contributed by atoms with Gasteiger partial charge in [-0.25, -0.2) is 18.0 Å². The second kappa shape index (κ2) is 4.50. The Hall–Kier alpha value is -1.96. The maximum atomic E-state index is 13.2. The molecule has 0 spiro atoms. The number of rotatable bonds is 2. The highest BCUT2D eigenvalue weighted by atomic mass is 19.1. The highest BCUT2D eigenvalue weighted by Crippen LogP contribution is 2.18. The van der Waals surface area contributed by atoms with Crippen LogP contribution in [0.3, 0.4) is 0 Å². The molecule has 0 fully saturated rings. The van der Waals surface area contributed by atoms with Gasteiger partial charge in [-0.15, -0.1) is 6.42 Å². The molecular formula is C12H9F3O2. The number of esters is 1. The summed E-state index contributed by atoms with van der Waals surface area (Å²) in [7, 11) is 0. The van der Waals surface area contributed by atoms with Crippen molar-refractivity contribution in [3.8, 4) is 12.3 Å². The molecule has 1 rings (SSSR count). The van der Waals surface area contributed by atoms with Crippen LogP contribution in [0.1, 0.15) is 24.2 Å². The third-order valence-electron chi connectivity index (χ3n) is 1.91. The summed E-state index contributed by atoms with van der Waals surface area (Å²) in [5.41, 5.74) is -2.26. The monoisotopic (exact) mass is 242 g/mol. The van der Waals surface area contributed by atoms with Crippen molar-refractivity contribution in [3.63, 3.8) is 0 Å². The first-order valence-electron chi connectivity index (χ1n) is 4.62. The number of carbonyl (C=O) groups is 1. The van der Waals surface area contributed by atoms with Gasteiger partial charge in [0.1, 0.15) is 23.0 Å². The van der Waals surface area contributed by atoms with Crippen molar-refractivity contribution in [2.24, 2.45) is 0 Å². The normalized spacial score (nSPS) is 10.8. The Kier molecular flexibility index (Phi) is 3.47. The lowest BCUT2D eigenvalue weighted by Gasteiger charge is -2.18. The van der Waals surface area contributed by atoms with E-state index in [9.17, 15) is 18.0 Å². The number of ether oxygens (including phenoxy) is 1. The molecule has 2 nitrogen and oxygen atoms in total. The fourth-order valence-electron chi connectivity index (χ4n) is 1.05. The largest absolute Gasteiger partial charge is 0.443 e. The molecule has 0 aliphatic carbocycles. The second-order valence-electron chi connectivity index (χ2n) is 3.79. The topological polar surface area (TPSA) is 26.3 Å². The lowest BCUT2D eigenvalue weighted by atomic mass is 10.1. The van der Waals surface area contributed by atoms with Crippen molar-refractivity contribution in [2.75, 3.05) is 0 Å². The van der Waals surface area contributed by atoms with E-state index in [4.69, 9.17) is 11.2 Å². The smallest absolute Gasteiger partial charge is 0.345 e. The molecule has 0 N–H and O–H groups in total. The summed E-state index contributed by atoms with van der Waals surface area (Å²) in [5.74, 6) is -2.93. The number of hydrogen-bond donors (Lipinski definition) is 0. The van der Waals surface area contributed by atoms with Gasteiger partial charge in [-0.2, -0.15) is 0 Å². The molecule has 0 aromatic heterocycles. The second-order valence-corrected chi connectivity index (χ2v) is 3.79. The van der Waals surface area contributed by atoms with Crippen LogP contribution in [0.15, 0.2) is 12.1 Å². The molecule has 0 unspecified atom stereocenters. The average molecular weight is 242 g/mol. The molecule has 0 radical (unpaired) electrons. The van der Waals surface area contributed by atoms with Crippen molar-refractivity contribution < 1.29 is 22.7 Å². The van der Waals surface area contributed by atoms with E-state index in [1.807, 2.05) is 0 Å². The number of benzene rings is 1. The first-order chi connectivity index (χ1) is 7.76. The molecule has 90 valence electrons. The predicted molar refractivity (Wildman–Crippen MR) is 54.6 cm³/mol. The Bertz CT molecular complexity index is 478.